The summed E-state index contributed by atoms with van der Waals surface area (Å²) >= 11 is 0. The first kappa shape index (κ1) is 17.0. The van der Waals surface area contributed by atoms with Gasteiger partial charge in [-0.15, -0.1) is 0 Å². The van der Waals surface area contributed by atoms with Crippen LogP contribution in [0.4, 0.5) is 5.69 Å². The number of carbonyl (C=O) groups excluding carboxylic acids is 3. The molecule has 0 saturated carbocycles. The van der Waals surface area contributed by atoms with Crippen LogP contribution < -0.4 is 10.6 Å². The number of fused-ring (bicyclic) bond motifs is 1. The monoisotopic (exact) mass is 344 g/mol. The third kappa shape index (κ3) is 3.09. The molecule has 0 bridgehead atoms. The molecule has 7 nitrogen and oxygen atoms in total. The highest BCUT2D eigenvalue weighted by molar-refractivity contribution is 6.15. The lowest BCUT2D eigenvalue weighted by atomic mass is 9.78. The third-order valence-corrected chi connectivity index (χ3v) is 4.29. The molecule has 0 spiro atoms. The predicted molar refractivity (Wildman–Crippen MR) is 89.3 cm³/mol. The fraction of sp³-hybridized carbons (Fsp3) is 0.389. The number of benzene rings is 1. The zero-order valence-corrected chi connectivity index (χ0v) is 14.6. The second-order valence-electron chi connectivity index (χ2n) is 7.06. The standard InChI is InChI=1S/C18H20N2O5/c1-17(2)13-6-5-11(7-10(13)8-20-16(17)23)19-9-12-14(21)24-18(3,4)25-15(12)22/h5-7,9,19H,8H2,1-4H3,(H,20,23). The molecule has 132 valence electrons. The fourth-order valence-electron chi connectivity index (χ4n) is 2.89. The molecule has 3 rings (SSSR count). The molecule has 0 radical (unpaired) electrons. The minimum Gasteiger partial charge on any atom is -0.419 e. The summed E-state index contributed by atoms with van der Waals surface area (Å²) in [6, 6.07) is 5.53. The summed E-state index contributed by atoms with van der Waals surface area (Å²) in [7, 11) is 0. The third-order valence-electron chi connectivity index (χ3n) is 4.29. The Morgan fingerprint density at radius 2 is 1.72 bits per heavy atom. The zero-order chi connectivity index (χ0) is 18.4. The Kier molecular flexibility index (Phi) is 3.82. The van der Waals surface area contributed by atoms with Crippen molar-refractivity contribution in [2.75, 3.05) is 5.32 Å². The van der Waals surface area contributed by atoms with Gasteiger partial charge in [-0.25, -0.2) is 9.59 Å². The van der Waals surface area contributed by atoms with Gasteiger partial charge in [0.25, 0.3) is 5.79 Å². The second kappa shape index (κ2) is 5.61. The molecule has 0 atom stereocenters. The molecule has 1 saturated heterocycles. The highest BCUT2D eigenvalue weighted by Gasteiger charge is 2.39. The van der Waals surface area contributed by atoms with Gasteiger partial charge in [0.2, 0.25) is 5.91 Å². The first-order valence-electron chi connectivity index (χ1n) is 7.95. The summed E-state index contributed by atoms with van der Waals surface area (Å²) < 4.78 is 10.1. The van der Waals surface area contributed by atoms with Crippen LogP contribution in [0, 0.1) is 0 Å². The normalized spacial score (nSPS) is 20.8. The largest absolute Gasteiger partial charge is 0.419 e. The molecule has 1 fully saturated rings. The lowest BCUT2D eigenvalue weighted by molar-refractivity contribution is -0.222. The van der Waals surface area contributed by atoms with Crippen LogP contribution in [0.2, 0.25) is 0 Å². The molecule has 1 aromatic carbocycles. The summed E-state index contributed by atoms with van der Waals surface area (Å²) in [5.41, 5.74) is 1.80. The zero-order valence-electron chi connectivity index (χ0n) is 14.6. The van der Waals surface area contributed by atoms with E-state index in [0.29, 0.717) is 12.2 Å². The number of anilines is 1. The van der Waals surface area contributed by atoms with E-state index in [1.807, 2.05) is 26.0 Å². The van der Waals surface area contributed by atoms with Gasteiger partial charge in [-0.2, -0.15) is 0 Å². The van der Waals surface area contributed by atoms with Gasteiger partial charge in [-0.1, -0.05) is 6.07 Å². The molecular formula is C18H20N2O5. The Morgan fingerprint density at radius 1 is 1.08 bits per heavy atom. The number of esters is 2. The van der Waals surface area contributed by atoms with Gasteiger partial charge in [-0.3, -0.25) is 4.79 Å². The van der Waals surface area contributed by atoms with E-state index in [-0.39, 0.29) is 11.5 Å². The van der Waals surface area contributed by atoms with Crippen molar-refractivity contribution < 1.29 is 23.9 Å². The van der Waals surface area contributed by atoms with Crippen molar-refractivity contribution in [2.45, 2.75) is 45.4 Å². The van der Waals surface area contributed by atoms with Crippen LogP contribution in [0.15, 0.2) is 30.0 Å². The van der Waals surface area contributed by atoms with E-state index >= 15 is 0 Å². The lowest BCUT2D eigenvalue weighted by Gasteiger charge is -2.32. The van der Waals surface area contributed by atoms with E-state index < -0.39 is 23.1 Å². The minimum absolute atomic E-state index is 0.0156. The van der Waals surface area contributed by atoms with Crippen LogP contribution in [0.5, 0.6) is 0 Å². The van der Waals surface area contributed by atoms with Gasteiger partial charge in [-0.05, 0) is 37.1 Å². The summed E-state index contributed by atoms with van der Waals surface area (Å²) in [6.45, 7) is 7.15. The van der Waals surface area contributed by atoms with Crippen molar-refractivity contribution >= 4 is 23.5 Å². The number of amides is 1. The molecule has 1 amide bonds. The van der Waals surface area contributed by atoms with Gasteiger partial charge in [0.1, 0.15) is 0 Å². The topological polar surface area (TPSA) is 93.7 Å². The van der Waals surface area contributed by atoms with Crippen molar-refractivity contribution in [3.05, 3.63) is 41.1 Å². The molecular weight excluding hydrogens is 324 g/mol. The molecule has 1 aromatic rings. The molecule has 2 heterocycles. The summed E-state index contributed by atoms with van der Waals surface area (Å²) in [4.78, 5) is 35.8. The first-order valence-corrected chi connectivity index (χ1v) is 7.95. The van der Waals surface area contributed by atoms with Gasteiger partial charge >= 0.3 is 11.9 Å². The van der Waals surface area contributed by atoms with Gasteiger partial charge < -0.3 is 20.1 Å². The first-order chi connectivity index (χ1) is 11.6. The van der Waals surface area contributed by atoms with Gasteiger partial charge in [0.05, 0.1) is 5.41 Å². The van der Waals surface area contributed by atoms with E-state index in [4.69, 9.17) is 9.47 Å². The van der Waals surface area contributed by atoms with Crippen LogP contribution in [0.3, 0.4) is 0 Å². The number of hydrogen-bond donors (Lipinski definition) is 2. The van der Waals surface area contributed by atoms with Gasteiger partial charge in [0.15, 0.2) is 5.57 Å². The molecule has 25 heavy (non-hydrogen) atoms. The van der Waals surface area contributed by atoms with E-state index in [1.165, 1.54) is 20.0 Å². The van der Waals surface area contributed by atoms with Crippen LogP contribution in [-0.2, 0) is 35.8 Å². The minimum atomic E-state index is -1.26. The number of rotatable bonds is 2. The summed E-state index contributed by atoms with van der Waals surface area (Å²) in [5.74, 6) is -2.75. The summed E-state index contributed by atoms with van der Waals surface area (Å²) in [6.07, 6.45) is 1.27. The van der Waals surface area contributed by atoms with E-state index in [1.54, 1.807) is 6.07 Å². The Balaban J connectivity index is 1.82. The molecule has 0 unspecified atom stereocenters. The SMILES string of the molecule is CC1(C)OC(=O)C(=CNc2ccc3c(c2)CNC(=O)C3(C)C)C(=O)O1. The average Bonchev–Trinajstić information content (AvgIpc) is 2.49. The molecule has 2 N–H and O–H groups in total. The van der Waals surface area contributed by atoms with E-state index in [0.717, 1.165) is 11.1 Å². The van der Waals surface area contributed by atoms with Crippen LogP contribution in [0.1, 0.15) is 38.8 Å². The molecule has 7 heteroatoms. The van der Waals surface area contributed by atoms with Crippen molar-refractivity contribution in [3.8, 4) is 0 Å². The highest BCUT2D eigenvalue weighted by atomic mass is 16.7. The Morgan fingerprint density at radius 3 is 2.36 bits per heavy atom. The number of cyclic esters (lactones) is 2. The number of hydrogen-bond acceptors (Lipinski definition) is 6. The van der Waals surface area contributed by atoms with Crippen molar-refractivity contribution in [1.29, 1.82) is 0 Å². The number of carbonyl (C=O) groups is 3. The number of nitrogens with one attached hydrogen (secondary N) is 2. The Labute approximate surface area is 145 Å². The fourth-order valence-corrected chi connectivity index (χ4v) is 2.89. The Hall–Kier alpha value is -2.83. The second-order valence-corrected chi connectivity index (χ2v) is 7.06. The lowest BCUT2D eigenvalue weighted by Crippen LogP contribution is -2.44. The van der Waals surface area contributed by atoms with Gasteiger partial charge in [0, 0.05) is 32.3 Å². The Bertz CT molecular complexity index is 786. The molecule has 2 aliphatic rings. The van der Waals surface area contributed by atoms with Crippen LogP contribution in [0.25, 0.3) is 0 Å². The molecule has 0 aromatic heterocycles. The van der Waals surface area contributed by atoms with E-state index in [9.17, 15) is 14.4 Å². The predicted octanol–water partition coefficient (Wildman–Crippen LogP) is 1.73. The van der Waals surface area contributed by atoms with Crippen molar-refractivity contribution in [3.63, 3.8) is 0 Å². The molecule has 2 aliphatic heterocycles. The van der Waals surface area contributed by atoms with Crippen molar-refractivity contribution in [1.82, 2.24) is 5.32 Å². The summed E-state index contributed by atoms with van der Waals surface area (Å²) in [5, 5.41) is 5.77. The number of ether oxygens (including phenoxy) is 2. The van der Waals surface area contributed by atoms with Crippen molar-refractivity contribution in [2.24, 2.45) is 0 Å². The maximum atomic E-state index is 12.0. The highest BCUT2D eigenvalue weighted by Crippen LogP contribution is 2.32. The van der Waals surface area contributed by atoms with Crippen LogP contribution >= 0.6 is 0 Å². The van der Waals surface area contributed by atoms with Crippen LogP contribution in [-0.4, -0.2) is 23.6 Å². The maximum Gasteiger partial charge on any atom is 0.350 e. The maximum absolute atomic E-state index is 12.0. The molecule has 0 aliphatic carbocycles. The quantitative estimate of drug-likeness (QED) is 0.482. The average molecular weight is 344 g/mol. The smallest absolute Gasteiger partial charge is 0.350 e. The van der Waals surface area contributed by atoms with E-state index in [2.05, 4.69) is 10.6 Å².